The molecular formula is C20H23BrF3N3O4S2. The predicted molar refractivity (Wildman–Crippen MR) is 125 cm³/mol. The topological polar surface area (TPSA) is 86.8 Å². The van der Waals surface area contributed by atoms with Crippen molar-refractivity contribution in [2.45, 2.75) is 25.7 Å². The second kappa shape index (κ2) is 11.5. The maximum absolute atomic E-state index is 13.2. The van der Waals surface area contributed by atoms with E-state index in [0.717, 1.165) is 28.2 Å². The molecule has 1 heterocycles. The van der Waals surface area contributed by atoms with Crippen molar-refractivity contribution in [3.63, 3.8) is 0 Å². The summed E-state index contributed by atoms with van der Waals surface area (Å²) in [6.45, 7) is 1.15. The number of amides is 2. The number of hydrogen-bond donors (Lipinski definition) is 1. The lowest BCUT2D eigenvalue weighted by Gasteiger charge is -2.39. The van der Waals surface area contributed by atoms with Crippen LogP contribution in [0.4, 0.5) is 13.2 Å². The molecule has 1 aliphatic rings. The number of hydrogen-bond acceptors (Lipinski definition) is 5. The molecule has 1 aliphatic heterocycles. The van der Waals surface area contributed by atoms with Gasteiger partial charge < -0.3 is 10.2 Å². The van der Waals surface area contributed by atoms with Crippen LogP contribution in [0.1, 0.15) is 18.1 Å². The van der Waals surface area contributed by atoms with E-state index < -0.39 is 33.7 Å². The summed E-state index contributed by atoms with van der Waals surface area (Å²) >= 11 is 4.07. The molecule has 1 atom stereocenters. The van der Waals surface area contributed by atoms with Gasteiger partial charge in [0, 0.05) is 33.1 Å². The van der Waals surface area contributed by atoms with Gasteiger partial charge in [-0.1, -0.05) is 34.1 Å². The van der Waals surface area contributed by atoms with E-state index in [0.29, 0.717) is 5.56 Å². The van der Waals surface area contributed by atoms with Crippen molar-refractivity contribution >= 4 is 49.5 Å². The van der Waals surface area contributed by atoms with Crippen molar-refractivity contribution < 1.29 is 31.2 Å². The maximum atomic E-state index is 13.2. The largest absolute Gasteiger partial charge is 0.416 e. The third-order valence-corrected chi connectivity index (χ3v) is 8.57. The fraction of sp³-hybridized carbons (Fsp3) is 0.400. The molecule has 1 aromatic rings. The molecule has 13 heteroatoms. The maximum Gasteiger partial charge on any atom is 0.416 e. The Bertz CT molecular complexity index is 1030. The second-order valence-electron chi connectivity index (χ2n) is 7.02. The van der Waals surface area contributed by atoms with Gasteiger partial charge >= 0.3 is 6.18 Å². The number of alkyl halides is 3. The van der Waals surface area contributed by atoms with Crippen LogP contribution in [-0.2, 0) is 32.3 Å². The van der Waals surface area contributed by atoms with Crippen LogP contribution in [-0.4, -0.2) is 61.4 Å². The summed E-state index contributed by atoms with van der Waals surface area (Å²) in [7, 11) is -4.03. The molecule has 1 unspecified atom stereocenters. The van der Waals surface area contributed by atoms with E-state index in [-0.39, 0.29) is 36.3 Å². The van der Waals surface area contributed by atoms with Gasteiger partial charge in [-0.05, 0) is 35.0 Å². The molecule has 7 nitrogen and oxygen atoms in total. The average molecular weight is 570 g/mol. The molecule has 2 amide bonds. The molecule has 1 aromatic carbocycles. The molecule has 0 bridgehead atoms. The molecular weight excluding hydrogens is 547 g/mol. The SMILES string of the molecule is CS/C(=C\C=C\Br)S(=O)(=O)N1CCN(C(C)=O)CC1C(=O)NCc1ccc(C(F)(F)F)cc1. The van der Waals surface area contributed by atoms with E-state index in [4.69, 9.17) is 0 Å². The Balaban J connectivity index is 2.25. The molecule has 0 spiro atoms. The van der Waals surface area contributed by atoms with Crippen LogP contribution in [0.15, 0.2) is 45.6 Å². The Morgan fingerprint density at radius 1 is 1.24 bits per heavy atom. The first-order chi connectivity index (χ1) is 15.4. The minimum Gasteiger partial charge on any atom is -0.351 e. The van der Waals surface area contributed by atoms with Gasteiger partial charge in [0.25, 0.3) is 0 Å². The quantitative estimate of drug-likeness (QED) is 0.509. The Morgan fingerprint density at radius 3 is 2.39 bits per heavy atom. The highest BCUT2D eigenvalue weighted by atomic mass is 79.9. The Kier molecular flexibility index (Phi) is 9.58. The predicted octanol–water partition coefficient (Wildman–Crippen LogP) is 3.30. The first kappa shape index (κ1) is 27.4. The molecule has 33 heavy (non-hydrogen) atoms. The van der Waals surface area contributed by atoms with Crippen LogP contribution < -0.4 is 5.32 Å². The van der Waals surface area contributed by atoms with E-state index in [1.807, 2.05) is 0 Å². The van der Waals surface area contributed by atoms with Crippen molar-refractivity contribution in [3.05, 3.63) is 56.8 Å². The van der Waals surface area contributed by atoms with Crippen molar-refractivity contribution in [1.82, 2.24) is 14.5 Å². The number of nitrogens with zero attached hydrogens (tertiary/aromatic N) is 2. The Morgan fingerprint density at radius 2 is 1.88 bits per heavy atom. The van der Waals surface area contributed by atoms with Crippen LogP contribution >= 0.6 is 27.7 Å². The monoisotopic (exact) mass is 569 g/mol. The summed E-state index contributed by atoms with van der Waals surface area (Å²) in [5.74, 6) is -0.948. The summed E-state index contributed by atoms with van der Waals surface area (Å²) < 4.78 is 65.7. The van der Waals surface area contributed by atoms with Gasteiger partial charge in [0.1, 0.15) is 10.3 Å². The summed E-state index contributed by atoms with van der Waals surface area (Å²) in [5, 5.41) is 2.58. The van der Waals surface area contributed by atoms with Crippen molar-refractivity contribution in [2.24, 2.45) is 0 Å². The van der Waals surface area contributed by atoms with E-state index in [1.165, 1.54) is 41.1 Å². The van der Waals surface area contributed by atoms with Crippen molar-refractivity contribution in [2.75, 3.05) is 25.9 Å². The number of nitrogens with one attached hydrogen (secondary N) is 1. The number of rotatable bonds is 7. The zero-order chi connectivity index (χ0) is 24.8. The summed E-state index contributed by atoms with van der Waals surface area (Å²) in [6.07, 6.45) is 0.0104. The van der Waals surface area contributed by atoms with Gasteiger partial charge in [-0.3, -0.25) is 9.59 Å². The van der Waals surface area contributed by atoms with E-state index in [9.17, 15) is 31.2 Å². The lowest BCUT2D eigenvalue weighted by molar-refractivity contribution is -0.138. The van der Waals surface area contributed by atoms with Crippen LogP contribution in [0.2, 0.25) is 0 Å². The smallest absolute Gasteiger partial charge is 0.351 e. The zero-order valence-electron chi connectivity index (χ0n) is 17.8. The second-order valence-corrected chi connectivity index (χ2v) is 10.5. The van der Waals surface area contributed by atoms with E-state index in [1.54, 1.807) is 6.26 Å². The number of thioether (sulfide) groups is 1. The zero-order valence-corrected chi connectivity index (χ0v) is 21.0. The molecule has 182 valence electrons. The minimum absolute atomic E-state index is 0.0232. The summed E-state index contributed by atoms with van der Waals surface area (Å²) in [6, 6.07) is 3.10. The normalized spacial score (nSPS) is 18.5. The standard InChI is InChI=1S/C20H23BrF3N3O4S2/c1-14(28)26-10-11-27(33(30,31)18(32-2)4-3-9-21)17(13-26)19(29)25-12-15-5-7-16(8-6-15)20(22,23)24/h3-9,17H,10-13H2,1-2H3,(H,25,29)/b9-3+,18-4+. The van der Waals surface area contributed by atoms with Crippen LogP contribution in [0.5, 0.6) is 0 Å². The summed E-state index contributed by atoms with van der Waals surface area (Å²) in [5.41, 5.74) is -0.398. The fourth-order valence-corrected chi connectivity index (χ4v) is 5.96. The third kappa shape index (κ3) is 7.08. The molecule has 0 aromatic heterocycles. The lowest BCUT2D eigenvalue weighted by Crippen LogP contribution is -2.61. The van der Waals surface area contributed by atoms with Crippen LogP contribution in [0.25, 0.3) is 0 Å². The van der Waals surface area contributed by atoms with Crippen molar-refractivity contribution in [1.29, 1.82) is 0 Å². The molecule has 1 N–H and O–H groups in total. The van der Waals surface area contributed by atoms with Gasteiger partial charge in [-0.25, -0.2) is 8.42 Å². The van der Waals surface area contributed by atoms with Gasteiger partial charge in [-0.15, -0.1) is 11.8 Å². The fourth-order valence-electron chi connectivity index (χ4n) is 3.16. The number of sulfonamides is 1. The molecule has 0 aliphatic carbocycles. The molecule has 2 rings (SSSR count). The van der Waals surface area contributed by atoms with Gasteiger partial charge in [-0.2, -0.15) is 17.5 Å². The minimum atomic E-state index is -4.47. The van der Waals surface area contributed by atoms with E-state index in [2.05, 4.69) is 21.2 Å². The summed E-state index contributed by atoms with van der Waals surface area (Å²) in [4.78, 5) is 27.7. The Hall–Kier alpha value is -1.83. The highest BCUT2D eigenvalue weighted by molar-refractivity contribution is 9.11. The number of carbonyl (C=O) groups is 2. The molecule has 0 saturated carbocycles. The Labute approximate surface area is 203 Å². The first-order valence-electron chi connectivity index (χ1n) is 9.64. The average Bonchev–Trinajstić information content (AvgIpc) is 2.77. The van der Waals surface area contributed by atoms with Crippen LogP contribution in [0, 0.1) is 0 Å². The number of allylic oxidation sites excluding steroid dienone is 2. The van der Waals surface area contributed by atoms with E-state index >= 15 is 0 Å². The highest BCUT2D eigenvalue weighted by Gasteiger charge is 2.41. The number of halogens is 4. The number of piperazine rings is 1. The number of carbonyl (C=O) groups excluding carboxylic acids is 2. The number of benzene rings is 1. The van der Waals surface area contributed by atoms with Gasteiger partial charge in [0.15, 0.2) is 0 Å². The van der Waals surface area contributed by atoms with Gasteiger partial charge in [0.05, 0.1) is 5.56 Å². The highest BCUT2D eigenvalue weighted by Crippen LogP contribution is 2.29. The molecule has 0 radical (unpaired) electrons. The molecule has 1 saturated heterocycles. The van der Waals surface area contributed by atoms with Gasteiger partial charge in [0.2, 0.25) is 21.8 Å². The molecule has 1 fully saturated rings. The van der Waals surface area contributed by atoms with Crippen molar-refractivity contribution in [3.8, 4) is 0 Å². The first-order valence-corrected chi connectivity index (χ1v) is 13.2. The lowest BCUT2D eigenvalue weighted by atomic mass is 10.1. The third-order valence-electron chi connectivity index (χ3n) is 4.90. The van der Waals surface area contributed by atoms with Crippen LogP contribution in [0.3, 0.4) is 0 Å².